The summed E-state index contributed by atoms with van der Waals surface area (Å²) in [7, 11) is 0. The first kappa shape index (κ1) is 14.2. The van der Waals surface area contributed by atoms with Gasteiger partial charge in [-0.15, -0.1) is 0 Å². The van der Waals surface area contributed by atoms with Crippen LogP contribution in [0.3, 0.4) is 0 Å². The summed E-state index contributed by atoms with van der Waals surface area (Å²) in [6.45, 7) is 4.78. The zero-order chi connectivity index (χ0) is 14.8. The Kier molecular flexibility index (Phi) is 3.10. The number of hydrogen-bond donors (Lipinski definition) is 1. The van der Waals surface area contributed by atoms with Gasteiger partial charge in [0.2, 0.25) is 0 Å². The second-order valence-electron chi connectivity index (χ2n) is 9.00. The Balaban J connectivity index is 1.64. The van der Waals surface area contributed by atoms with Crippen LogP contribution in [0.5, 0.6) is 0 Å². The molecule has 0 heterocycles. The Labute approximate surface area is 128 Å². The molecule has 0 spiro atoms. The molecule has 4 fully saturated rings. The van der Waals surface area contributed by atoms with Crippen LogP contribution in [0, 0.1) is 34.5 Å². The summed E-state index contributed by atoms with van der Waals surface area (Å²) in [6, 6.07) is 0. The van der Waals surface area contributed by atoms with Crippen LogP contribution in [-0.2, 0) is 4.79 Å². The van der Waals surface area contributed by atoms with E-state index in [0.717, 1.165) is 49.9 Å². The lowest BCUT2D eigenvalue weighted by molar-refractivity contribution is -0.142. The van der Waals surface area contributed by atoms with E-state index in [1.54, 1.807) is 0 Å². The zero-order valence-electron chi connectivity index (χ0n) is 13.6. The molecule has 2 nitrogen and oxygen atoms in total. The summed E-state index contributed by atoms with van der Waals surface area (Å²) < 4.78 is 0. The Morgan fingerprint density at radius 3 is 2.62 bits per heavy atom. The van der Waals surface area contributed by atoms with Gasteiger partial charge >= 0.3 is 0 Å². The standard InChI is InChI=1S/C19H30O2/c1-18-9-7-13(20)11-12(18)3-4-14-15-5-6-17(21)19(15,2)10-8-16(14)18/h12-16,20H,3-11H2,1-2H3/t12?,13-,14-,15?,16-,18-,19-/m0/s1. The monoisotopic (exact) mass is 290 g/mol. The first-order chi connectivity index (χ1) is 9.95. The van der Waals surface area contributed by atoms with Crippen molar-refractivity contribution in [1.29, 1.82) is 0 Å². The predicted molar refractivity (Wildman–Crippen MR) is 82.7 cm³/mol. The Bertz CT molecular complexity index is 458. The van der Waals surface area contributed by atoms with Crippen LogP contribution in [0.4, 0.5) is 0 Å². The van der Waals surface area contributed by atoms with Gasteiger partial charge in [-0.3, -0.25) is 4.79 Å². The van der Waals surface area contributed by atoms with Crippen LogP contribution in [0.25, 0.3) is 0 Å². The molecular formula is C19H30O2. The summed E-state index contributed by atoms with van der Waals surface area (Å²) in [6.07, 6.45) is 10.1. The maximum absolute atomic E-state index is 12.4. The number of rotatable bonds is 0. The van der Waals surface area contributed by atoms with E-state index in [9.17, 15) is 9.90 Å². The number of fused-ring (bicyclic) bond motifs is 5. The molecule has 4 aliphatic carbocycles. The summed E-state index contributed by atoms with van der Waals surface area (Å²) >= 11 is 0. The molecule has 4 saturated carbocycles. The molecule has 4 rings (SSSR count). The molecule has 0 amide bonds. The van der Waals surface area contributed by atoms with Gasteiger partial charge in [-0.1, -0.05) is 13.8 Å². The minimum atomic E-state index is -0.0541. The van der Waals surface area contributed by atoms with Crippen LogP contribution in [0.15, 0.2) is 0 Å². The molecule has 7 atom stereocenters. The quantitative estimate of drug-likeness (QED) is 0.733. The van der Waals surface area contributed by atoms with E-state index in [-0.39, 0.29) is 11.5 Å². The fourth-order valence-corrected chi connectivity index (χ4v) is 7.01. The van der Waals surface area contributed by atoms with Gasteiger partial charge in [0, 0.05) is 11.8 Å². The Morgan fingerprint density at radius 2 is 1.81 bits per heavy atom. The van der Waals surface area contributed by atoms with Crippen molar-refractivity contribution in [3.05, 3.63) is 0 Å². The number of ketones is 1. The number of aliphatic hydroxyl groups is 1. The van der Waals surface area contributed by atoms with E-state index in [0.29, 0.717) is 17.1 Å². The third-order valence-electron chi connectivity index (χ3n) is 8.35. The zero-order valence-corrected chi connectivity index (χ0v) is 13.6. The van der Waals surface area contributed by atoms with Crippen molar-refractivity contribution in [2.24, 2.45) is 34.5 Å². The Hall–Kier alpha value is -0.370. The van der Waals surface area contributed by atoms with Crippen LogP contribution >= 0.6 is 0 Å². The average molecular weight is 290 g/mol. The number of aliphatic hydroxyl groups excluding tert-OH is 1. The molecule has 0 radical (unpaired) electrons. The summed E-state index contributed by atoms with van der Waals surface area (Å²) in [5, 5.41) is 10.0. The molecule has 0 aromatic heterocycles. The summed E-state index contributed by atoms with van der Waals surface area (Å²) in [5.41, 5.74) is 0.452. The maximum atomic E-state index is 12.4. The van der Waals surface area contributed by atoms with Gasteiger partial charge in [0.15, 0.2) is 0 Å². The van der Waals surface area contributed by atoms with E-state index in [1.807, 2.05) is 0 Å². The topological polar surface area (TPSA) is 37.3 Å². The van der Waals surface area contributed by atoms with Gasteiger partial charge in [0.1, 0.15) is 5.78 Å². The third kappa shape index (κ3) is 1.84. The number of carbonyl (C=O) groups is 1. The van der Waals surface area contributed by atoms with Gasteiger partial charge in [0.05, 0.1) is 6.10 Å². The van der Waals surface area contributed by atoms with Crippen LogP contribution < -0.4 is 0 Å². The van der Waals surface area contributed by atoms with Gasteiger partial charge in [-0.05, 0) is 80.5 Å². The van der Waals surface area contributed by atoms with Crippen molar-refractivity contribution < 1.29 is 9.90 Å². The van der Waals surface area contributed by atoms with E-state index in [2.05, 4.69) is 13.8 Å². The minimum Gasteiger partial charge on any atom is -0.393 e. The number of Topliss-reactive ketones (excluding diaryl/α,β-unsaturated/α-hetero) is 1. The lowest BCUT2D eigenvalue weighted by Gasteiger charge is -2.60. The normalized spacial score (nSPS) is 56.5. The molecule has 0 saturated heterocycles. The Morgan fingerprint density at radius 1 is 1.00 bits per heavy atom. The molecular weight excluding hydrogens is 260 g/mol. The average Bonchev–Trinajstić information content (AvgIpc) is 2.76. The smallest absolute Gasteiger partial charge is 0.139 e. The lowest BCUT2D eigenvalue weighted by atomic mass is 9.45. The van der Waals surface area contributed by atoms with Crippen molar-refractivity contribution in [3.8, 4) is 0 Å². The highest BCUT2D eigenvalue weighted by Crippen LogP contribution is 2.65. The first-order valence-electron chi connectivity index (χ1n) is 9.16. The first-order valence-corrected chi connectivity index (χ1v) is 9.16. The molecule has 0 bridgehead atoms. The summed E-state index contributed by atoms with van der Waals surface area (Å²) in [4.78, 5) is 12.4. The van der Waals surface area contributed by atoms with Crippen molar-refractivity contribution in [2.75, 3.05) is 0 Å². The van der Waals surface area contributed by atoms with Crippen LogP contribution in [0.2, 0.25) is 0 Å². The van der Waals surface area contributed by atoms with Gasteiger partial charge in [0.25, 0.3) is 0 Å². The van der Waals surface area contributed by atoms with E-state index < -0.39 is 0 Å². The second kappa shape index (κ2) is 4.57. The molecule has 0 aromatic rings. The van der Waals surface area contributed by atoms with E-state index in [1.165, 1.54) is 25.7 Å². The highest BCUT2D eigenvalue weighted by atomic mass is 16.3. The van der Waals surface area contributed by atoms with E-state index >= 15 is 0 Å². The SMILES string of the molecule is C[C@]12CC[C@H](O)CC1CC[C@H]1C3CCC(=O)[C@@]3(C)CC[C@@H]12. The number of carbonyl (C=O) groups excluding carboxylic acids is 1. The van der Waals surface area contributed by atoms with Crippen molar-refractivity contribution in [3.63, 3.8) is 0 Å². The maximum Gasteiger partial charge on any atom is 0.139 e. The molecule has 2 heteroatoms. The largest absolute Gasteiger partial charge is 0.393 e. The highest BCUT2D eigenvalue weighted by Gasteiger charge is 2.60. The fourth-order valence-electron chi connectivity index (χ4n) is 7.01. The molecule has 118 valence electrons. The van der Waals surface area contributed by atoms with Crippen LogP contribution in [0.1, 0.15) is 71.6 Å². The molecule has 21 heavy (non-hydrogen) atoms. The molecule has 0 aromatic carbocycles. The van der Waals surface area contributed by atoms with Gasteiger partial charge in [-0.25, -0.2) is 0 Å². The third-order valence-corrected chi connectivity index (χ3v) is 8.35. The molecule has 0 aliphatic heterocycles. The minimum absolute atomic E-state index is 0.0124. The highest BCUT2D eigenvalue weighted by molar-refractivity contribution is 5.87. The lowest BCUT2D eigenvalue weighted by Crippen LogP contribution is -2.54. The summed E-state index contributed by atoms with van der Waals surface area (Å²) in [5.74, 6) is 3.54. The predicted octanol–water partition coefficient (Wildman–Crippen LogP) is 3.96. The molecule has 1 N–H and O–H groups in total. The number of hydrogen-bond acceptors (Lipinski definition) is 2. The van der Waals surface area contributed by atoms with Crippen molar-refractivity contribution >= 4 is 5.78 Å². The van der Waals surface area contributed by atoms with Gasteiger partial charge in [-0.2, -0.15) is 0 Å². The molecule has 2 unspecified atom stereocenters. The van der Waals surface area contributed by atoms with Crippen molar-refractivity contribution in [2.45, 2.75) is 77.7 Å². The van der Waals surface area contributed by atoms with E-state index in [4.69, 9.17) is 0 Å². The van der Waals surface area contributed by atoms with Gasteiger partial charge < -0.3 is 5.11 Å². The fraction of sp³-hybridized carbons (Fsp3) is 0.947. The second-order valence-corrected chi connectivity index (χ2v) is 9.00. The molecule has 4 aliphatic rings. The van der Waals surface area contributed by atoms with Crippen LogP contribution in [-0.4, -0.2) is 17.0 Å². The van der Waals surface area contributed by atoms with Crippen molar-refractivity contribution in [1.82, 2.24) is 0 Å².